The third-order valence-corrected chi connectivity index (χ3v) is 4.50. The molecule has 1 heterocycles. The van der Waals surface area contributed by atoms with Crippen molar-refractivity contribution in [1.29, 1.82) is 0 Å². The highest BCUT2D eigenvalue weighted by Crippen LogP contribution is 2.27. The summed E-state index contributed by atoms with van der Waals surface area (Å²) in [4.78, 5) is 0. The molecule has 0 aromatic carbocycles. The Hall–Kier alpha value is -0.870. The van der Waals surface area contributed by atoms with Crippen LogP contribution in [0.15, 0.2) is 12.3 Å². The molecule has 2 atom stereocenters. The lowest BCUT2D eigenvalue weighted by Gasteiger charge is -2.24. The number of hydrogen-bond donors (Lipinski definition) is 1. The maximum atomic E-state index is 5.75. The van der Waals surface area contributed by atoms with Gasteiger partial charge in [0.2, 0.25) is 0 Å². The summed E-state index contributed by atoms with van der Waals surface area (Å²) >= 11 is 0. The van der Waals surface area contributed by atoms with Crippen LogP contribution in [-0.4, -0.2) is 35.1 Å². The standard InChI is InChI=1S/C17H31N3O/c1-4-18-17(14(3)21-5-2)13-15-11-12-20(19-15)16-9-7-6-8-10-16/h11-12,14,16-18H,4-10,13H2,1-3H3. The van der Waals surface area contributed by atoms with Gasteiger partial charge in [-0.3, -0.25) is 4.68 Å². The lowest BCUT2D eigenvalue weighted by atomic mass is 9.96. The molecule has 1 N–H and O–H groups in total. The summed E-state index contributed by atoms with van der Waals surface area (Å²) in [5.41, 5.74) is 1.18. The lowest BCUT2D eigenvalue weighted by molar-refractivity contribution is 0.0477. The fourth-order valence-corrected chi connectivity index (χ4v) is 3.31. The molecule has 2 unspecified atom stereocenters. The zero-order chi connectivity index (χ0) is 15.1. The van der Waals surface area contributed by atoms with Crippen molar-refractivity contribution in [2.75, 3.05) is 13.2 Å². The lowest BCUT2D eigenvalue weighted by Crippen LogP contribution is -2.41. The molecule has 120 valence electrons. The summed E-state index contributed by atoms with van der Waals surface area (Å²) < 4.78 is 7.95. The van der Waals surface area contributed by atoms with Gasteiger partial charge in [0.05, 0.1) is 17.8 Å². The van der Waals surface area contributed by atoms with Gasteiger partial charge in [0, 0.05) is 25.3 Å². The monoisotopic (exact) mass is 293 g/mol. The Labute approximate surface area is 129 Å². The molecule has 1 saturated carbocycles. The van der Waals surface area contributed by atoms with Crippen LogP contribution in [0.2, 0.25) is 0 Å². The summed E-state index contributed by atoms with van der Waals surface area (Å²) in [6.45, 7) is 8.07. The molecule has 1 aliphatic carbocycles. The van der Waals surface area contributed by atoms with E-state index in [9.17, 15) is 0 Å². The Morgan fingerprint density at radius 1 is 1.33 bits per heavy atom. The SMILES string of the molecule is CCNC(Cc1ccn(C2CCCCC2)n1)C(C)OCC. The van der Waals surface area contributed by atoms with Crippen molar-refractivity contribution in [3.8, 4) is 0 Å². The van der Waals surface area contributed by atoms with Gasteiger partial charge in [-0.15, -0.1) is 0 Å². The predicted molar refractivity (Wildman–Crippen MR) is 86.6 cm³/mol. The fraction of sp³-hybridized carbons (Fsp3) is 0.824. The zero-order valence-corrected chi connectivity index (χ0v) is 13.8. The number of rotatable bonds is 8. The molecule has 4 nitrogen and oxygen atoms in total. The van der Waals surface area contributed by atoms with Gasteiger partial charge in [-0.05, 0) is 39.3 Å². The first-order valence-electron chi connectivity index (χ1n) is 8.63. The Bertz CT molecular complexity index is 398. The Kier molecular flexibility index (Phi) is 6.71. The number of hydrogen-bond acceptors (Lipinski definition) is 3. The van der Waals surface area contributed by atoms with Crippen LogP contribution in [0.1, 0.15) is 64.6 Å². The Morgan fingerprint density at radius 3 is 2.76 bits per heavy atom. The second-order valence-electron chi connectivity index (χ2n) is 6.11. The molecular formula is C17H31N3O. The second kappa shape index (κ2) is 8.54. The Morgan fingerprint density at radius 2 is 2.10 bits per heavy atom. The first kappa shape index (κ1) is 16.5. The van der Waals surface area contributed by atoms with Crippen LogP contribution in [0.25, 0.3) is 0 Å². The smallest absolute Gasteiger partial charge is 0.0703 e. The molecule has 1 aromatic heterocycles. The van der Waals surface area contributed by atoms with Crippen LogP contribution in [0.4, 0.5) is 0 Å². The normalized spacial score (nSPS) is 19.6. The minimum absolute atomic E-state index is 0.217. The van der Waals surface area contributed by atoms with Gasteiger partial charge in [0.1, 0.15) is 0 Å². The van der Waals surface area contributed by atoms with E-state index in [4.69, 9.17) is 9.84 Å². The molecule has 0 amide bonds. The Balaban J connectivity index is 1.95. The molecule has 0 aliphatic heterocycles. The van der Waals surface area contributed by atoms with E-state index in [1.165, 1.54) is 37.8 Å². The largest absolute Gasteiger partial charge is 0.377 e. The van der Waals surface area contributed by atoms with Crippen molar-refractivity contribution >= 4 is 0 Å². The molecule has 0 radical (unpaired) electrons. The number of nitrogens with one attached hydrogen (secondary N) is 1. The summed E-state index contributed by atoms with van der Waals surface area (Å²) in [6.07, 6.45) is 9.98. The third kappa shape index (κ3) is 4.82. The van der Waals surface area contributed by atoms with E-state index in [2.05, 4.69) is 43.0 Å². The first-order chi connectivity index (χ1) is 10.2. The van der Waals surface area contributed by atoms with E-state index in [0.717, 1.165) is 19.6 Å². The van der Waals surface area contributed by atoms with Gasteiger partial charge in [0.15, 0.2) is 0 Å². The maximum Gasteiger partial charge on any atom is 0.0703 e. The molecule has 1 aromatic rings. The number of ether oxygens (including phenoxy) is 1. The van der Waals surface area contributed by atoms with E-state index in [-0.39, 0.29) is 6.10 Å². The highest BCUT2D eigenvalue weighted by atomic mass is 16.5. The molecule has 21 heavy (non-hydrogen) atoms. The number of nitrogens with zero attached hydrogens (tertiary/aromatic N) is 2. The molecule has 0 bridgehead atoms. The molecule has 0 saturated heterocycles. The molecule has 4 heteroatoms. The van der Waals surface area contributed by atoms with Crippen LogP contribution in [-0.2, 0) is 11.2 Å². The van der Waals surface area contributed by atoms with E-state index in [1.807, 2.05) is 0 Å². The summed E-state index contributed by atoms with van der Waals surface area (Å²) in [5.74, 6) is 0. The maximum absolute atomic E-state index is 5.75. The van der Waals surface area contributed by atoms with Crippen molar-refractivity contribution in [3.63, 3.8) is 0 Å². The van der Waals surface area contributed by atoms with E-state index in [1.54, 1.807) is 0 Å². The minimum Gasteiger partial charge on any atom is -0.377 e. The third-order valence-electron chi connectivity index (χ3n) is 4.50. The van der Waals surface area contributed by atoms with Crippen molar-refractivity contribution in [1.82, 2.24) is 15.1 Å². The van der Waals surface area contributed by atoms with Crippen molar-refractivity contribution < 1.29 is 4.74 Å². The first-order valence-corrected chi connectivity index (χ1v) is 8.63. The molecule has 1 fully saturated rings. The van der Waals surface area contributed by atoms with Gasteiger partial charge in [0.25, 0.3) is 0 Å². The predicted octanol–water partition coefficient (Wildman–Crippen LogP) is 3.33. The van der Waals surface area contributed by atoms with Crippen molar-refractivity contribution in [3.05, 3.63) is 18.0 Å². The van der Waals surface area contributed by atoms with Crippen molar-refractivity contribution in [2.24, 2.45) is 0 Å². The van der Waals surface area contributed by atoms with E-state index < -0.39 is 0 Å². The summed E-state index contributed by atoms with van der Waals surface area (Å²) in [6, 6.07) is 3.14. The number of aromatic nitrogens is 2. The zero-order valence-electron chi connectivity index (χ0n) is 13.8. The summed E-state index contributed by atoms with van der Waals surface area (Å²) in [5, 5.41) is 8.35. The highest BCUT2D eigenvalue weighted by Gasteiger charge is 2.20. The number of likely N-dealkylation sites (N-methyl/N-ethyl adjacent to an activating group) is 1. The average molecular weight is 293 g/mol. The van der Waals surface area contributed by atoms with Gasteiger partial charge >= 0.3 is 0 Å². The fourth-order valence-electron chi connectivity index (χ4n) is 3.31. The van der Waals surface area contributed by atoms with Crippen LogP contribution < -0.4 is 5.32 Å². The van der Waals surface area contributed by atoms with Gasteiger partial charge < -0.3 is 10.1 Å². The second-order valence-corrected chi connectivity index (χ2v) is 6.11. The van der Waals surface area contributed by atoms with Gasteiger partial charge in [-0.1, -0.05) is 26.2 Å². The van der Waals surface area contributed by atoms with Crippen LogP contribution in [0.3, 0.4) is 0 Å². The van der Waals surface area contributed by atoms with Gasteiger partial charge in [-0.2, -0.15) is 5.10 Å². The van der Waals surface area contributed by atoms with Crippen LogP contribution in [0, 0.1) is 0 Å². The quantitative estimate of drug-likeness (QED) is 0.799. The minimum atomic E-state index is 0.217. The molecule has 0 spiro atoms. The highest BCUT2D eigenvalue weighted by molar-refractivity contribution is 5.03. The van der Waals surface area contributed by atoms with Crippen LogP contribution >= 0.6 is 0 Å². The van der Waals surface area contributed by atoms with Crippen LogP contribution in [0.5, 0.6) is 0 Å². The van der Waals surface area contributed by atoms with E-state index in [0.29, 0.717) is 12.1 Å². The van der Waals surface area contributed by atoms with Crippen molar-refractivity contribution in [2.45, 2.75) is 77.5 Å². The molecule has 2 rings (SSSR count). The van der Waals surface area contributed by atoms with Gasteiger partial charge in [-0.25, -0.2) is 0 Å². The molecular weight excluding hydrogens is 262 g/mol. The average Bonchev–Trinajstić information content (AvgIpc) is 2.96. The summed E-state index contributed by atoms with van der Waals surface area (Å²) in [7, 11) is 0. The topological polar surface area (TPSA) is 39.1 Å². The van der Waals surface area contributed by atoms with E-state index >= 15 is 0 Å². The molecule has 1 aliphatic rings.